The summed E-state index contributed by atoms with van der Waals surface area (Å²) < 4.78 is 0. The van der Waals surface area contributed by atoms with Crippen LogP contribution in [0.4, 0.5) is 17.3 Å². The third kappa shape index (κ3) is 4.25. The van der Waals surface area contributed by atoms with Crippen LogP contribution in [0.2, 0.25) is 0 Å². The maximum Gasteiger partial charge on any atom is 0.136 e. The van der Waals surface area contributed by atoms with Gasteiger partial charge in [0.2, 0.25) is 0 Å². The predicted octanol–water partition coefficient (Wildman–Crippen LogP) is 3.74. The second kappa shape index (κ2) is 6.73. The van der Waals surface area contributed by atoms with E-state index >= 15 is 0 Å². The van der Waals surface area contributed by atoms with E-state index in [1.165, 1.54) is 6.42 Å². The standard InChI is InChI=1S/C15H20N4/c1-3-4-10-16-14-11-15(18-12(2)17-14)19-13-8-6-5-7-9-13/h5-9,11H,3-4,10H2,1-2H3,(H2,16,17,18,19). The molecule has 0 spiro atoms. The molecular formula is C15H20N4. The van der Waals surface area contributed by atoms with Crippen LogP contribution in [0.1, 0.15) is 25.6 Å². The van der Waals surface area contributed by atoms with Crippen molar-refractivity contribution in [1.82, 2.24) is 9.97 Å². The molecule has 0 unspecified atom stereocenters. The molecule has 2 N–H and O–H groups in total. The van der Waals surface area contributed by atoms with Crippen LogP contribution in [0.15, 0.2) is 36.4 Å². The molecule has 19 heavy (non-hydrogen) atoms. The van der Waals surface area contributed by atoms with Gasteiger partial charge in [-0.2, -0.15) is 0 Å². The second-order valence-electron chi connectivity index (χ2n) is 4.46. The molecule has 0 radical (unpaired) electrons. The summed E-state index contributed by atoms with van der Waals surface area (Å²) in [5.41, 5.74) is 1.03. The molecule has 1 heterocycles. The normalized spacial score (nSPS) is 10.2. The Kier molecular flexibility index (Phi) is 4.72. The molecule has 4 heteroatoms. The lowest BCUT2D eigenvalue weighted by atomic mass is 10.3. The summed E-state index contributed by atoms with van der Waals surface area (Å²) >= 11 is 0. The summed E-state index contributed by atoms with van der Waals surface area (Å²) in [7, 11) is 0. The van der Waals surface area contributed by atoms with Gasteiger partial charge < -0.3 is 10.6 Å². The SMILES string of the molecule is CCCCNc1cc(Nc2ccccc2)nc(C)n1. The predicted molar refractivity (Wildman–Crippen MR) is 79.9 cm³/mol. The van der Waals surface area contributed by atoms with Gasteiger partial charge in [-0.1, -0.05) is 31.5 Å². The van der Waals surface area contributed by atoms with E-state index in [1.807, 2.05) is 43.3 Å². The van der Waals surface area contributed by atoms with E-state index in [4.69, 9.17) is 0 Å². The fraction of sp³-hybridized carbons (Fsp3) is 0.333. The molecule has 0 amide bonds. The lowest BCUT2D eigenvalue weighted by molar-refractivity contribution is 0.829. The fourth-order valence-electron chi connectivity index (χ4n) is 1.78. The summed E-state index contributed by atoms with van der Waals surface area (Å²) in [6, 6.07) is 12.0. The molecule has 0 aliphatic rings. The van der Waals surface area contributed by atoms with E-state index in [2.05, 4.69) is 27.5 Å². The third-order valence-electron chi connectivity index (χ3n) is 2.72. The molecule has 4 nitrogen and oxygen atoms in total. The maximum atomic E-state index is 4.40. The first-order chi connectivity index (χ1) is 9.28. The Morgan fingerprint density at radius 2 is 1.79 bits per heavy atom. The number of rotatable bonds is 6. The summed E-state index contributed by atoms with van der Waals surface area (Å²) in [5, 5.41) is 6.61. The first kappa shape index (κ1) is 13.3. The zero-order valence-electron chi connectivity index (χ0n) is 11.5. The van der Waals surface area contributed by atoms with Crippen molar-refractivity contribution in [1.29, 1.82) is 0 Å². The van der Waals surface area contributed by atoms with E-state index in [0.717, 1.165) is 36.1 Å². The highest BCUT2D eigenvalue weighted by molar-refractivity contribution is 5.58. The van der Waals surface area contributed by atoms with Gasteiger partial charge in [-0.25, -0.2) is 9.97 Å². The number of nitrogens with zero attached hydrogens (tertiary/aromatic N) is 2. The van der Waals surface area contributed by atoms with Crippen LogP contribution in [-0.2, 0) is 0 Å². The van der Waals surface area contributed by atoms with Gasteiger partial charge in [0.15, 0.2) is 0 Å². The van der Waals surface area contributed by atoms with Gasteiger partial charge in [0, 0.05) is 18.3 Å². The number of hydrogen-bond donors (Lipinski definition) is 2. The molecule has 0 atom stereocenters. The molecular weight excluding hydrogens is 236 g/mol. The van der Waals surface area contributed by atoms with E-state index in [0.29, 0.717) is 0 Å². The number of unbranched alkanes of at least 4 members (excludes halogenated alkanes) is 1. The first-order valence-electron chi connectivity index (χ1n) is 6.69. The van der Waals surface area contributed by atoms with E-state index in [9.17, 15) is 0 Å². The minimum Gasteiger partial charge on any atom is -0.370 e. The molecule has 0 saturated heterocycles. The zero-order chi connectivity index (χ0) is 13.5. The molecule has 1 aromatic heterocycles. The van der Waals surface area contributed by atoms with E-state index < -0.39 is 0 Å². The third-order valence-corrected chi connectivity index (χ3v) is 2.72. The van der Waals surface area contributed by atoms with Gasteiger partial charge in [-0.05, 0) is 25.5 Å². The van der Waals surface area contributed by atoms with Crippen molar-refractivity contribution in [3.05, 3.63) is 42.2 Å². The minimum atomic E-state index is 0.764. The van der Waals surface area contributed by atoms with Crippen molar-refractivity contribution in [3.8, 4) is 0 Å². The lowest BCUT2D eigenvalue weighted by Crippen LogP contribution is -2.06. The lowest BCUT2D eigenvalue weighted by Gasteiger charge is -2.09. The first-order valence-corrected chi connectivity index (χ1v) is 6.69. The largest absolute Gasteiger partial charge is 0.370 e. The number of hydrogen-bond acceptors (Lipinski definition) is 4. The highest BCUT2D eigenvalue weighted by Crippen LogP contribution is 2.16. The Morgan fingerprint density at radius 1 is 1.05 bits per heavy atom. The molecule has 0 aliphatic carbocycles. The Bertz CT molecular complexity index is 511. The van der Waals surface area contributed by atoms with Crippen molar-refractivity contribution in [2.75, 3.05) is 17.2 Å². The van der Waals surface area contributed by atoms with Gasteiger partial charge in [-0.15, -0.1) is 0 Å². The topological polar surface area (TPSA) is 49.8 Å². The molecule has 0 fully saturated rings. The quantitative estimate of drug-likeness (QED) is 0.773. The fourth-order valence-corrected chi connectivity index (χ4v) is 1.78. The van der Waals surface area contributed by atoms with Crippen LogP contribution in [0.25, 0.3) is 0 Å². The number of aryl methyl sites for hydroxylation is 1. The van der Waals surface area contributed by atoms with Gasteiger partial charge in [-0.3, -0.25) is 0 Å². The summed E-state index contributed by atoms with van der Waals surface area (Å²) in [5.74, 6) is 2.46. The van der Waals surface area contributed by atoms with E-state index in [1.54, 1.807) is 0 Å². The Labute approximate surface area is 114 Å². The Balaban J connectivity index is 2.08. The number of para-hydroxylation sites is 1. The van der Waals surface area contributed by atoms with Crippen LogP contribution in [0.3, 0.4) is 0 Å². The number of nitrogens with one attached hydrogen (secondary N) is 2. The van der Waals surface area contributed by atoms with Crippen molar-refractivity contribution >= 4 is 17.3 Å². The van der Waals surface area contributed by atoms with Crippen molar-refractivity contribution in [2.45, 2.75) is 26.7 Å². The van der Waals surface area contributed by atoms with Gasteiger partial charge in [0.05, 0.1) is 0 Å². The van der Waals surface area contributed by atoms with Crippen molar-refractivity contribution in [3.63, 3.8) is 0 Å². The van der Waals surface area contributed by atoms with Crippen LogP contribution in [0, 0.1) is 6.92 Å². The molecule has 0 aliphatic heterocycles. The van der Waals surface area contributed by atoms with Crippen molar-refractivity contribution < 1.29 is 0 Å². The number of aromatic nitrogens is 2. The minimum absolute atomic E-state index is 0.764. The molecule has 2 rings (SSSR count). The Hall–Kier alpha value is -2.10. The maximum absolute atomic E-state index is 4.40. The van der Waals surface area contributed by atoms with Gasteiger partial charge >= 0.3 is 0 Å². The van der Waals surface area contributed by atoms with Crippen molar-refractivity contribution in [2.24, 2.45) is 0 Å². The molecule has 0 bridgehead atoms. The average Bonchev–Trinajstić information content (AvgIpc) is 2.39. The summed E-state index contributed by atoms with van der Waals surface area (Å²) in [6.45, 7) is 5.02. The Morgan fingerprint density at radius 3 is 2.53 bits per heavy atom. The molecule has 100 valence electrons. The van der Waals surface area contributed by atoms with Gasteiger partial charge in [0.25, 0.3) is 0 Å². The van der Waals surface area contributed by atoms with Crippen LogP contribution >= 0.6 is 0 Å². The number of benzene rings is 1. The van der Waals surface area contributed by atoms with E-state index in [-0.39, 0.29) is 0 Å². The van der Waals surface area contributed by atoms with Gasteiger partial charge in [0.1, 0.15) is 17.5 Å². The molecule has 1 aromatic carbocycles. The number of anilines is 3. The average molecular weight is 256 g/mol. The zero-order valence-corrected chi connectivity index (χ0v) is 11.5. The van der Waals surface area contributed by atoms with Crippen LogP contribution < -0.4 is 10.6 Å². The molecule has 0 saturated carbocycles. The van der Waals surface area contributed by atoms with Crippen LogP contribution in [0.5, 0.6) is 0 Å². The smallest absolute Gasteiger partial charge is 0.136 e. The monoisotopic (exact) mass is 256 g/mol. The summed E-state index contributed by atoms with van der Waals surface area (Å²) in [4.78, 5) is 8.78. The summed E-state index contributed by atoms with van der Waals surface area (Å²) in [6.07, 6.45) is 2.32. The van der Waals surface area contributed by atoms with Crippen LogP contribution in [-0.4, -0.2) is 16.5 Å². The second-order valence-corrected chi connectivity index (χ2v) is 4.46. The highest BCUT2D eigenvalue weighted by atomic mass is 15.1. The molecule has 2 aromatic rings. The highest BCUT2D eigenvalue weighted by Gasteiger charge is 2.01.